The molecule has 6 atom stereocenters. The van der Waals surface area contributed by atoms with E-state index in [1.807, 2.05) is 23.9 Å². The molecule has 0 radical (unpaired) electrons. The maximum absolute atomic E-state index is 3.61. The third-order valence-electron chi connectivity index (χ3n) is 9.52. The van der Waals surface area contributed by atoms with Crippen molar-refractivity contribution >= 4 is 55.4 Å². The number of hydrogen-bond donors (Lipinski definition) is 1. The van der Waals surface area contributed by atoms with Crippen LogP contribution < -0.4 is 4.13 Å². The second-order valence-electron chi connectivity index (χ2n) is 10.7. The van der Waals surface area contributed by atoms with Gasteiger partial charge in [-0.15, -0.1) is 11.3 Å². The van der Waals surface area contributed by atoms with Gasteiger partial charge in [0.15, 0.2) is 0 Å². The highest BCUT2D eigenvalue weighted by Gasteiger charge is 2.50. The topological polar surface area (TPSA) is 12.0 Å². The van der Waals surface area contributed by atoms with E-state index < -0.39 is 0 Å². The molecule has 1 saturated carbocycles. The van der Waals surface area contributed by atoms with Crippen molar-refractivity contribution in [3.05, 3.63) is 44.5 Å². The Morgan fingerprint density at radius 1 is 0.531 bits per heavy atom. The quantitative estimate of drug-likeness (QED) is 0.347. The van der Waals surface area contributed by atoms with E-state index in [9.17, 15) is 0 Å². The number of fused-ring (bicyclic) bond motifs is 4. The van der Waals surface area contributed by atoms with Gasteiger partial charge in [-0.2, -0.15) is 0 Å². The van der Waals surface area contributed by atoms with Crippen LogP contribution >= 0.6 is 35.2 Å². The summed E-state index contributed by atoms with van der Waals surface area (Å²) in [4.78, 5) is 0. The first kappa shape index (κ1) is 23.1. The normalized spacial score (nSPS) is 30.4. The van der Waals surface area contributed by atoms with Crippen molar-refractivity contribution in [3.63, 3.8) is 0 Å². The fraction of sp³-hybridized carbons (Fsp3) is 0.571. The Labute approximate surface area is 206 Å². The molecular formula is C28H37NS3. The van der Waals surface area contributed by atoms with Gasteiger partial charge in [-0.25, -0.2) is 4.13 Å². The molecule has 172 valence electrons. The Morgan fingerprint density at radius 3 is 1.72 bits per heavy atom. The summed E-state index contributed by atoms with van der Waals surface area (Å²) in [7, 11) is 0. The van der Waals surface area contributed by atoms with Crippen LogP contribution in [-0.2, 0) is 0 Å². The first-order valence-corrected chi connectivity index (χ1v) is 14.6. The molecule has 3 aromatic rings. The van der Waals surface area contributed by atoms with Crippen LogP contribution in [0.25, 0.3) is 20.2 Å². The predicted molar refractivity (Wildman–Crippen MR) is 149 cm³/mol. The highest BCUT2D eigenvalue weighted by Crippen LogP contribution is 2.57. The first-order chi connectivity index (χ1) is 15.1. The summed E-state index contributed by atoms with van der Waals surface area (Å²) < 4.78 is 6.65. The fourth-order valence-electron chi connectivity index (χ4n) is 6.68. The van der Waals surface area contributed by atoms with Gasteiger partial charge in [-0.1, -0.05) is 44.7 Å². The van der Waals surface area contributed by atoms with Gasteiger partial charge in [0.2, 0.25) is 0 Å². The van der Waals surface area contributed by atoms with Crippen molar-refractivity contribution < 1.29 is 0 Å². The van der Waals surface area contributed by atoms with Crippen LogP contribution in [0, 0.1) is 66.2 Å². The van der Waals surface area contributed by atoms with E-state index in [4.69, 9.17) is 0 Å². The van der Waals surface area contributed by atoms with Gasteiger partial charge in [-0.3, -0.25) is 0 Å². The summed E-state index contributed by atoms with van der Waals surface area (Å²) in [5.41, 5.74) is 12.1. The fourth-order valence-corrected chi connectivity index (χ4v) is 11.3. The second kappa shape index (κ2) is 7.93. The molecule has 1 N–H and O–H groups in total. The molecule has 0 spiro atoms. The summed E-state index contributed by atoms with van der Waals surface area (Å²) in [6, 6.07) is 0. The lowest BCUT2D eigenvalue weighted by atomic mass is 9.64. The molecule has 2 fully saturated rings. The zero-order valence-corrected chi connectivity index (χ0v) is 23.6. The summed E-state index contributed by atoms with van der Waals surface area (Å²) in [6.07, 6.45) is 0. The van der Waals surface area contributed by atoms with Crippen molar-refractivity contribution in [2.45, 2.75) is 85.7 Å². The van der Waals surface area contributed by atoms with E-state index >= 15 is 0 Å². The highest BCUT2D eigenvalue weighted by atomic mass is 32.2. The molecule has 2 aliphatic rings. The van der Waals surface area contributed by atoms with Gasteiger partial charge < -0.3 is 0 Å². The number of hydrogen-bond acceptors (Lipinski definition) is 4. The van der Waals surface area contributed by atoms with Crippen molar-refractivity contribution in [2.24, 2.45) is 17.8 Å². The van der Waals surface area contributed by atoms with E-state index in [-0.39, 0.29) is 0 Å². The van der Waals surface area contributed by atoms with Crippen LogP contribution in [0.5, 0.6) is 0 Å². The molecule has 5 rings (SSSR count). The second-order valence-corrected chi connectivity index (χ2v) is 13.9. The third kappa shape index (κ3) is 2.95. The lowest BCUT2D eigenvalue weighted by Crippen LogP contribution is -2.44. The summed E-state index contributed by atoms with van der Waals surface area (Å²) in [6.45, 7) is 24.0. The lowest BCUT2D eigenvalue weighted by Gasteiger charge is -2.46. The Hall–Kier alpha value is -0.680. The molecule has 1 saturated heterocycles. The Bertz CT molecular complexity index is 1250. The van der Waals surface area contributed by atoms with Crippen LogP contribution in [0.4, 0.5) is 0 Å². The van der Waals surface area contributed by atoms with Crippen LogP contribution in [0.15, 0.2) is 0 Å². The van der Waals surface area contributed by atoms with Crippen molar-refractivity contribution in [3.8, 4) is 0 Å². The molecule has 0 amide bonds. The van der Waals surface area contributed by atoms with Gasteiger partial charge in [-0.05, 0) is 111 Å². The molecular weight excluding hydrogens is 447 g/mol. The number of nitrogens with one attached hydrogen (secondary N) is 1. The third-order valence-corrected chi connectivity index (χ3v) is 13.7. The molecule has 1 aliphatic carbocycles. The molecule has 1 aliphatic heterocycles. The van der Waals surface area contributed by atoms with Gasteiger partial charge >= 0.3 is 0 Å². The van der Waals surface area contributed by atoms with Crippen LogP contribution in [0.3, 0.4) is 0 Å². The monoisotopic (exact) mass is 483 g/mol. The number of aryl methyl sites for hydroxylation is 4. The zero-order valence-electron chi connectivity index (χ0n) is 21.2. The minimum atomic E-state index is 0.609. The molecule has 4 heteroatoms. The van der Waals surface area contributed by atoms with E-state index in [1.54, 1.807) is 16.7 Å². The molecule has 32 heavy (non-hydrogen) atoms. The molecule has 1 aromatic heterocycles. The minimum Gasteiger partial charge on any atom is -0.207 e. The van der Waals surface area contributed by atoms with Crippen molar-refractivity contribution in [1.82, 2.24) is 4.13 Å². The maximum Gasteiger partial charge on any atom is 0.0406 e. The van der Waals surface area contributed by atoms with E-state index in [2.05, 4.69) is 84.7 Å². The number of thiophene rings is 1. The summed E-state index contributed by atoms with van der Waals surface area (Å²) in [5.74, 6) is 2.79. The van der Waals surface area contributed by atoms with Crippen LogP contribution in [0.2, 0.25) is 0 Å². The average Bonchev–Trinajstić information content (AvgIpc) is 3.41. The summed E-state index contributed by atoms with van der Waals surface area (Å²) in [5, 5.41) is 4.39. The zero-order chi connectivity index (χ0) is 23.2. The summed E-state index contributed by atoms with van der Waals surface area (Å²) >= 11 is 6.04. The highest BCUT2D eigenvalue weighted by molar-refractivity contribution is 8.16. The average molecular weight is 484 g/mol. The predicted octanol–water partition coefficient (Wildman–Crippen LogP) is 8.86. The van der Waals surface area contributed by atoms with Gasteiger partial charge in [0, 0.05) is 36.6 Å². The first-order valence-electron chi connectivity index (χ1n) is 12.1. The maximum atomic E-state index is 3.61. The Morgan fingerprint density at radius 2 is 1.06 bits per heavy atom. The lowest BCUT2D eigenvalue weighted by molar-refractivity contribution is 0.182. The van der Waals surface area contributed by atoms with Gasteiger partial charge in [0.05, 0.1) is 0 Å². The molecule has 2 heterocycles. The van der Waals surface area contributed by atoms with E-state index in [0.717, 1.165) is 11.8 Å². The van der Waals surface area contributed by atoms with Crippen LogP contribution in [-0.4, -0.2) is 10.5 Å². The van der Waals surface area contributed by atoms with E-state index in [1.165, 1.54) is 48.0 Å². The largest absolute Gasteiger partial charge is 0.207 e. The number of rotatable bonds is 1. The van der Waals surface area contributed by atoms with Crippen molar-refractivity contribution in [1.29, 1.82) is 0 Å². The van der Waals surface area contributed by atoms with Gasteiger partial charge in [0.25, 0.3) is 0 Å². The number of benzene rings is 2. The van der Waals surface area contributed by atoms with E-state index in [0.29, 0.717) is 22.3 Å². The van der Waals surface area contributed by atoms with Crippen LogP contribution in [0.1, 0.15) is 71.2 Å². The molecule has 6 unspecified atom stereocenters. The molecule has 0 bridgehead atoms. The molecule has 2 aromatic carbocycles. The van der Waals surface area contributed by atoms with Gasteiger partial charge in [0.1, 0.15) is 0 Å². The Balaban J connectivity index is 1.84. The standard InChI is InChI=1S/C28H37NS3/c1-11-12(2)18(8)25-23(14(11)4)24-17(7)16(6)21(20(10)26(24)30-25)22-15(5)13(3)19(9)27-28(22)32-29-31-27/h13,15,19,22,27-29H,1-10H3. The molecule has 1 nitrogen and oxygen atoms in total. The SMILES string of the molecule is Cc1c(C)c(C)c2c(sc3c(C)c(C4C(C)C(C)C(C)C5SNSC54)c(C)c(C)c32)c1C. The Kier molecular flexibility index (Phi) is 5.72. The smallest absolute Gasteiger partial charge is 0.0406 e. The minimum absolute atomic E-state index is 0.609. The van der Waals surface area contributed by atoms with Crippen molar-refractivity contribution in [2.75, 3.05) is 0 Å².